The van der Waals surface area contributed by atoms with Gasteiger partial charge in [0.05, 0.1) is 24.1 Å². The zero-order valence-electron chi connectivity index (χ0n) is 15.1. The van der Waals surface area contributed by atoms with Gasteiger partial charge in [0.15, 0.2) is 11.5 Å². The number of β-amino-alcohol motifs (C(OH)–C–C–N with tert-alkyl or cyclic N) is 1. The normalized spacial score (nSPS) is 28.1. The first-order valence-corrected chi connectivity index (χ1v) is 9.61. The van der Waals surface area contributed by atoms with Crippen molar-refractivity contribution in [2.75, 3.05) is 13.2 Å². The number of benzene rings is 1. The summed E-state index contributed by atoms with van der Waals surface area (Å²) in [6.07, 6.45) is 4.49. The van der Waals surface area contributed by atoms with Gasteiger partial charge in [0.1, 0.15) is 6.10 Å². The molecule has 3 unspecified atom stereocenters. The number of carbonyl (C=O) groups excluding carboxylic acids is 2. The predicted octanol–water partition coefficient (Wildman–Crippen LogP) is 2.54. The van der Waals surface area contributed by atoms with E-state index in [0.717, 1.165) is 37.7 Å². The second-order valence-corrected chi connectivity index (χ2v) is 7.37. The van der Waals surface area contributed by atoms with E-state index in [1.807, 2.05) is 24.3 Å². The number of ether oxygens (including phenoxy) is 1. The third kappa shape index (κ3) is 2.65. The second kappa shape index (κ2) is 6.88. The lowest BCUT2D eigenvalue weighted by molar-refractivity contribution is -0.135. The molecule has 0 bridgehead atoms. The van der Waals surface area contributed by atoms with Crippen LogP contribution in [-0.2, 0) is 20.7 Å². The van der Waals surface area contributed by atoms with Gasteiger partial charge in [-0.1, -0.05) is 37.6 Å². The van der Waals surface area contributed by atoms with Gasteiger partial charge in [0.2, 0.25) is 0 Å². The van der Waals surface area contributed by atoms with E-state index in [-0.39, 0.29) is 42.6 Å². The minimum Gasteiger partial charge on any atom is -0.483 e. The first-order chi connectivity index (χ1) is 12.7. The Bertz CT molecular complexity index is 752. The van der Waals surface area contributed by atoms with Crippen LogP contribution in [0.5, 0.6) is 0 Å². The summed E-state index contributed by atoms with van der Waals surface area (Å²) >= 11 is 0. The smallest absolute Gasteiger partial charge is 0.290 e. The number of hydrogen-bond acceptors (Lipinski definition) is 4. The van der Waals surface area contributed by atoms with Crippen molar-refractivity contribution in [1.29, 1.82) is 0 Å². The van der Waals surface area contributed by atoms with Gasteiger partial charge in [-0.05, 0) is 36.8 Å². The summed E-state index contributed by atoms with van der Waals surface area (Å²) in [5.74, 6) is -0.122. The van der Waals surface area contributed by atoms with Crippen molar-refractivity contribution in [2.24, 2.45) is 5.92 Å². The average molecular weight is 355 g/mol. The van der Waals surface area contributed by atoms with Crippen LogP contribution in [0.25, 0.3) is 0 Å². The Morgan fingerprint density at radius 2 is 1.88 bits per heavy atom. The summed E-state index contributed by atoms with van der Waals surface area (Å²) in [4.78, 5) is 27.8. The molecule has 2 heterocycles. The molecule has 0 radical (unpaired) electrons. The molecule has 26 heavy (non-hydrogen) atoms. The largest absolute Gasteiger partial charge is 0.483 e. The monoisotopic (exact) mass is 355 g/mol. The number of Topliss-reactive ketones (excluding diaryl/α,β-unsaturated/α-hetero) is 1. The molecule has 1 N–H and O–H groups in total. The van der Waals surface area contributed by atoms with E-state index < -0.39 is 6.04 Å². The number of fused-ring (bicyclic) bond motifs is 1. The van der Waals surface area contributed by atoms with Crippen molar-refractivity contribution in [2.45, 2.75) is 51.2 Å². The molecule has 4 rings (SSSR count). The van der Waals surface area contributed by atoms with E-state index in [1.54, 1.807) is 4.90 Å². The van der Waals surface area contributed by atoms with Crippen LogP contribution in [0.4, 0.5) is 0 Å². The molecule has 0 spiro atoms. The highest BCUT2D eigenvalue weighted by molar-refractivity contribution is 6.11. The number of nitrogens with zero attached hydrogens (tertiary/aromatic N) is 1. The number of aryl methyl sites for hydroxylation is 1. The van der Waals surface area contributed by atoms with Gasteiger partial charge in [-0.2, -0.15) is 0 Å². The fraction of sp³-hybridized carbons (Fsp3) is 0.524. The number of aliphatic hydroxyl groups excluding tert-OH is 1. The number of amides is 1. The summed E-state index contributed by atoms with van der Waals surface area (Å²) < 4.78 is 6.06. The summed E-state index contributed by atoms with van der Waals surface area (Å²) in [5, 5.41) is 9.46. The molecule has 138 valence electrons. The van der Waals surface area contributed by atoms with E-state index in [2.05, 4.69) is 6.92 Å². The van der Waals surface area contributed by atoms with E-state index >= 15 is 0 Å². The Balaban J connectivity index is 1.77. The molecule has 3 aliphatic rings. The maximum atomic E-state index is 13.3. The van der Waals surface area contributed by atoms with Crippen LogP contribution in [0.3, 0.4) is 0 Å². The maximum Gasteiger partial charge on any atom is 0.290 e. The molecule has 5 heteroatoms. The molecular formula is C21H25NO4. The number of hydrogen-bond donors (Lipinski definition) is 1. The van der Waals surface area contributed by atoms with Gasteiger partial charge in [-0.3, -0.25) is 9.59 Å². The van der Waals surface area contributed by atoms with E-state index in [4.69, 9.17) is 4.74 Å². The van der Waals surface area contributed by atoms with E-state index in [9.17, 15) is 14.7 Å². The maximum absolute atomic E-state index is 13.3. The number of rotatable bonds is 4. The minimum atomic E-state index is -0.453. The molecule has 2 aliphatic heterocycles. The Morgan fingerprint density at radius 3 is 2.58 bits per heavy atom. The lowest BCUT2D eigenvalue weighted by Crippen LogP contribution is -2.39. The second-order valence-electron chi connectivity index (χ2n) is 7.37. The fourth-order valence-electron chi connectivity index (χ4n) is 4.51. The molecule has 1 aromatic rings. The van der Waals surface area contributed by atoms with Crippen LogP contribution in [-0.4, -0.2) is 41.0 Å². The first kappa shape index (κ1) is 17.3. The van der Waals surface area contributed by atoms with Crippen molar-refractivity contribution in [1.82, 2.24) is 4.90 Å². The predicted molar refractivity (Wildman–Crippen MR) is 96.2 cm³/mol. The minimum absolute atomic E-state index is 0.0642. The third-order valence-corrected chi connectivity index (χ3v) is 5.90. The van der Waals surface area contributed by atoms with Crippen LogP contribution in [0.1, 0.15) is 49.8 Å². The van der Waals surface area contributed by atoms with Crippen LogP contribution in [0.15, 0.2) is 35.6 Å². The lowest BCUT2D eigenvalue weighted by atomic mass is 9.77. The Labute approximate surface area is 153 Å². The Morgan fingerprint density at radius 1 is 1.15 bits per heavy atom. The first-order valence-electron chi connectivity index (χ1n) is 9.61. The van der Waals surface area contributed by atoms with Crippen LogP contribution in [0, 0.1) is 5.92 Å². The van der Waals surface area contributed by atoms with Gasteiger partial charge >= 0.3 is 0 Å². The molecular weight excluding hydrogens is 330 g/mol. The van der Waals surface area contributed by atoms with Crippen molar-refractivity contribution in [3.05, 3.63) is 46.7 Å². The number of ketones is 1. The zero-order chi connectivity index (χ0) is 18.3. The Kier molecular flexibility index (Phi) is 4.57. The molecule has 5 nitrogen and oxygen atoms in total. The number of carbonyl (C=O) groups is 2. The molecule has 1 aliphatic carbocycles. The number of aliphatic hydroxyl groups is 1. The van der Waals surface area contributed by atoms with Gasteiger partial charge in [-0.25, -0.2) is 0 Å². The van der Waals surface area contributed by atoms with Crippen LogP contribution < -0.4 is 0 Å². The van der Waals surface area contributed by atoms with Crippen LogP contribution >= 0.6 is 0 Å². The molecule has 1 fully saturated rings. The summed E-state index contributed by atoms with van der Waals surface area (Å²) in [6, 6.07) is 7.58. The van der Waals surface area contributed by atoms with Gasteiger partial charge in [0, 0.05) is 6.54 Å². The van der Waals surface area contributed by atoms with Gasteiger partial charge in [0.25, 0.3) is 5.91 Å². The quantitative estimate of drug-likeness (QED) is 0.901. The van der Waals surface area contributed by atoms with Crippen molar-refractivity contribution >= 4 is 11.7 Å². The SMILES string of the molecule is CCc1ccc(C2C3=C(OC4CCCCC4C3=O)C(=O)N2CCO)cc1. The molecule has 1 amide bonds. The van der Waals surface area contributed by atoms with Gasteiger partial charge in [-0.15, -0.1) is 0 Å². The zero-order valence-corrected chi connectivity index (χ0v) is 15.1. The highest BCUT2D eigenvalue weighted by atomic mass is 16.5. The summed E-state index contributed by atoms with van der Waals surface area (Å²) in [5.41, 5.74) is 2.61. The average Bonchev–Trinajstić information content (AvgIpc) is 2.95. The van der Waals surface area contributed by atoms with Crippen molar-refractivity contribution < 1.29 is 19.4 Å². The molecule has 1 aromatic carbocycles. The van der Waals surface area contributed by atoms with Gasteiger partial charge < -0.3 is 14.7 Å². The molecule has 3 atom stereocenters. The van der Waals surface area contributed by atoms with E-state index in [0.29, 0.717) is 5.57 Å². The van der Waals surface area contributed by atoms with Crippen molar-refractivity contribution in [3.8, 4) is 0 Å². The molecule has 0 aromatic heterocycles. The summed E-state index contributed by atoms with van der Waals surface area (Å²) in [6.45, 7) is 2.14. The summed E-state index contributed by atoms with van der Waals surface area (Å²) in [7, 11) is 0. The standard InChI is InChI=1S/C21H25NO4/c1-2-13-7-9-14(10-8-13)18-17-19(24)15-5-3-4-6-16(15)26-20(17)21(25)22(18)11-12-23/h7-10,15-16,18,23H,2-6,11-12H2,1H3. The highest BCUT2D eigenvalue weighted by Gasteiger charge is 2.51. The third-order valence-electron chi connectivity index (χ3n) is 5.90. The fourth-order valence-corrected chi connectivity index (χ4v) is 4.51. The van der Waals surface area contributed by atoms with Crippen LogP contribution in [0.2, 0.25) is 0 Å². The Hall–Kier alpha value is -2.14. The topological polar surface area (TPSA) is 66.8 Å². The molecule has 0 saturated heterocycles. The van der Waals surface area contributed by atoms with Crippen molar-refractivity contribution in [3.63, 3.8) is 0 Å². The van der Waals surface area contributed by atoms with E-state index in [1.165, 1.54) is 5.56 Å². The molecule has 1 saturated carbocycles. The highest BCUT2D eigenvalue weighted by Crippen LogP contribution is 2.46. The lowest BCUT2D eigenvalue weighted by Gasteiger charge is -2.35.